The van der Waals surface area contributed by atoms with Crippen molar-refractivity contribution in [3.8, 4) is 16.9 Å². The average molecular weight is 332 g/mol. The van der Waals surface area contributed by atoms with Gasteiger partial charge in [-0.05, 0) is 53.1 Å². The van der Waals surface area contributed by atoms with Crippen LogP contribution >= 0.6 is 0 Å². The number of phenolic OH excluding ortho intramolecular Hbond substituents is 1. The monoisotopic (exact) mass is 332 g/mol. The quantitative estimate of drug-likeness (QED) is 0.457. The highest BCUT2D eigenvalue weighted by Gasteiger charge is 2.11. The highest BCUT2D eigenvalue weighted by molar-refractivity contribution is 5.78. The molecular weight excluding hydrogens is 308 g/mol. The topological polar surface area (TPSA) is 72.3 Å². The summed E-state index contributed by atoms with van der Waals surface area (Å²) in [6.45, 7) is 2.23. The van der Waals surface area contributed by atoms with Crippen LogP contribution in [0.15, 0.2) is 66.7 Å². The van der Waals surface area contributed by atoms with Gasteiger partial charge in [0.05, 0.1) is 11.4 Å². The summed E-state index contributed by atoms with van der Waals surface area (Å²) in [7, 11) is 0. The molecule has 0 saturated carbocycles. The van der Waals surface area contributed by atoms with Crippen LogP contribution in [-0.4, -0.2) is 5.11 Å². The van der Waals surface area contributed by atoms with Gasteiger partial charge in [0.25, 0.3) is 0 Å². The summed E-state index contributed by atoms with van der Waals surface area (Å²) < 4.78 is 0. The van der Waals surface area contributed by atoms with Gasteiger partial charge in [-0.2, -0.15) is 0 Å². The molecule has 128 valence electrons. The van der Waals surface area contributed by atoms with E-state index in [-0.39, 0.29) is 5.75 Å². The first kappa shape index (κ1) is 16.9. The van der Waals surface area contributed by atoms with Crippen LogP contribution in [0.1, 0.15) is 30.4 Å². The number of nitrogens with two attached hydrogens (primary N) is 2. The molecule has 0 aromatic heterocycles. The van der Waals surface area contributed by atoms with Crippen LogP contribution in [0.2, 0.25) is 0 Å². The smallest absolute Gasteiger partial charge is 0.161 e. The average Bonchev–Trinajstić information content (AvgIpc) is 2.65. The lowest BCUT2D eigenvalue weighted by molar-refractivity contribution is 0.480. The Bertz CT molecular complexity index is 819. The van der Waals surface area contributed by atoms with E-state index in [1.165, 1.54) is 11.1 Å². The molecule has 0 saturated heterocycles. The van der Waals surface area contributed by atoms with Crippen molar-refractivity contribution in [2.75, 3.05) is 11.5 Å². The van der Waals surface area contributed by atoms with E-state index in [0.717, 1.165) is 24.0 Å². The molecule has 3 rings (SSSR count). The molecule has 3 heteroatoms. The molecule has 5 N–H and O–H groups in total. The third kappa shape index (κ3) is 3.77. The SMILES string of the molecule is CC[C@@H](Cc1ccc(-c2cc(N)c(O)c(N)c2)cc1)c1ccccc1. The van der Waals surface area contributed by atoms with Crippen molar-refractivity contribution in [1.29, 1.82) is 0 Å². The molecule has 0 unspecified atom stereocenters. The summed E-state index contributed by atoms with van der Waals surface area (Å²) in [6, 6.07) is 22.6. The Hall–Kier alpha value is -2.94. The van der Waals surface area contributed by atoms with Gasteiger partial charge in [0.2, 0.25) is 0 Å². The molecule has 0 spiro atoms. The molecule has 25 heavy (non-hydrogen) atoms. The molecule has 0 bridgehead atoms. The van der Waals surface area contributed by atoms with Gasteiger partial charge in [0.1, 0.15) is 0 Å². The Morgan fingerprint density at radius 2 is 1.44 bits per heavy atom. The van der Waals surface area contributed by atoms with Crippen molar-refractivity contribution >= 4 is 11.4 Å². The molecule has 3 nitrogen and oxygen atoms in total. The maximum atomic E-state index is 9.71. The lowest BCUT2D eigenvalue weighted by Gasteiger charge is -2.16. The normalized spacial score (nSPS) is 12.0. The van der Waals surface area contributed by atoms with Crippen LogP contribution in [0.25, 0.3) is 11.1 Å². The van der Waals surface area contributed by atoms with E-state index in [9.17, 15) is 5.11 Å². The van der Waals surface area contributed by atoms with E-state index in [0.29, 0.717) is 17.3 Å². The maximum Gasteiger partial charge on any atom is 0.161 e. The first-order valence-corrected chi connectivity index (χ1v) is 8.60. The zero-order valence-corrected chi connectivity index (χ0v) is 14.4. The molecule has 1 atom stereocenters. The predicted octanol–water partition coefficient (Wildman–Crippen LogP) is 4.96. The molecule has 0 aliphatic carbocycles. The first-order valence-electron chi connectivity index (χ1n) is 8.60. The summed E-state index contributed by atoms with van der Waals surface area (Å²) in [4.78, 5) is 0. The Kier molecular flexibility index (Phi) is 4.94. The minimum Gasteiger partial charge on any atom is -0.504 e. The Morgan fingerprint density at radius 1 is 0.840 bits per heavy atom. The summed E-state index contributed by atoms with van der Waals surface area (Å²) >= 11 is 0. The van der Waals surface area contributed by atoms with Crippen molar-refractivity contribution in [2.24, 2.45) is 0 Å². The van der Waals surface area contributed by atoms with E-state index in [4.69, 9.17) is 11.5 Å². The zero-order valence-electron chi connectivity index (χ0n) is 14.4. The predicted molar refractivity (Wildman–Crippen MR) is 106 cm³/mol. The number of hydrogen-bond donors (Lipinski definition) is 3. The van der Waals surface area contributed by atoms with Gasteiger partial charge in [-0.1, -0.05) is 61.5 Å². The van der Waals surface area contributed by atoms with Gasteiger partial charge in [-0.15, -0.1) is 0 Å². The van der Waals surface area contributed by atoms with Crippen LogP contribution in [0.5, 0.6) is 5.75 Å². The molecule has 0 aliphatic heterocycles. The minimum atomic E-state index is -0.0472. The summed E-state index contributed by atoms with van der Waals surface area (Å²) in [5, 5.41) is 9.71. The van der Waals surface area contributed by atoms with Crippen molar-refractivity contribution in [3.63, 3.8) is 0 Å². The zero-order chi connectivity index (χ0) is 17.8. The van der Waals surface area contributed by atoms with Crippen LogP contribution in [-0.2, 0) is 6.42 Å². The number of benzene rings is 3. The fraction of sp³-hybridized carbons (Fsp3) is 0.182. The van der Waals surface area contributed by atoms with E-state index >= 15 is 0 Å². The fourth-order valence-electron chi connectivity index (χ4n) is 3.19. The van der Waals surface area contributed by atoms with Gasteiger partial charge >= 0.3 is 0 Å². The molecule has 0 aliphatic rings. The second-order valence-corrected chi connectivity index (χ2v) is 6.42. The van der Waals surface area contributed by atoms with Gasteiger partial charge in [-0.25, -0.2) is 0 Å². The van der Waals surface area contributed by atoms with E-state index in [1.807, 2.05) is 0 Å². The Labute approximate surface area is 148 Å². The standard InChI is InChI=1S/C22H24N2O/c1-2-16(17-6-4-3-5-7-17)12-15-8-10-18(11-9-15)19-13-20(23)22(25)21(24)14-19/h3-11,13-14,16,25H,2,12,23-24H2,1H3/t16-/m0/s1. The van der Waals surface area contributed by atoms with Crippen LogP contribution < -0.4 is 11.5 Å². The molecule has 0 radical (unpaired) electrons. The molecule has 0 fully saturated rings. The molecule has 0 amide bonds. The van der Waals surface area contributed by atoms with Gasteiger partial charge in [0.15, 0.2) is 5.75 Å². The molecule has 3 aromatic carbocycles. The van der Waals surface area contributed by atoms with Crippen LogP contribution in [0, 0.1) is 0 Å². The van der Waals surface area contributed by atoms with E-state index in [1.54, 1.807) is 12.1 Å². The third-order valence-electron chi connectivity index (χ3n) is 4.70. The number of aromatic hydroxyl groups is 1. The highest BCUT2D eigenvalue weighted by atomic mass is 16.3. The van der Waals surface area contributed by atoms with E-state index < -0.39 is 0 Å². The summed E-state index contributed by atoms with van der Waals surface area (Å²) in [5.41, 5.74) is 16.9. The summed E-state index contributed by atoms with van der Waals surface area (Å²) in [5.74, 6) is 0.473. The summed E-state index contributed by atoms with van der Waals surface area (Å²) in [6.07, 6.45) is 2.12. The van der Waals surface area contributed by atoms with Crippen LogP contribution in [0.3, 0.4) is 0 Å². The third-order valence-corrected chi connectivity index (χ3v) is 4.70. The van der Waals surface area contributed by atoms with Gasteiger partial charge in [-0.3, -0.25) is 0 Å². The number of rotatable bonds is 5. The number of phenols is 1. The minimum absolute atomic E-state index is 0.0472. The number of anilines is 2. The van der Waals surface area contributed by atoms with Crippen LogP contribution in [0.4, 0.5) is 11.4 Å². The number of nitrogen functional groups attached to an aromatic ring is 2. The lowest BCUT2D eigenvalue weighted by Crippen LogP contribution is -2.01. The van der Waals surface area contributed by atoms with Gasteiger partial charge in [0, 0.05) is 0 Å². The molecular formula is C22H24N2O. The molecule has 0 heterocycles. The maximum absolute atomic E-state index is 9.71. The highest BCUT2D eigenvalue weighted by Crippen LogP contribution is 2.34. The Morgan fingerprint density at radius 3 is 2.00 bits per heavy atom. The van der Waals surface area contributed by atoms with Gasteiger partial charge < -0.3 is 16.6 Å². The van der Waals surface area contributed by atoms with Crippen molar-refractivity contribution in [3.05, 3.63) is 77.9 Å². The largest absolute Gasteiger partial charge is 0.504 e. The van der Waals surface area contributed by atoms with Crippen molar-refractivity contribution in [2.45, 2.75) is 25.7 Å². The van der Waals surface area contributed by atoms with E-state index in [2.05, 4.69) is 61.5 Å². The molecule has 3 aromatic rings. The fourth-order valence-corrected chi connectivity index (χ4v) is 3.19. The second kappa shape index (κ2) is 7.31. The number of hydrogen-bond acceptors (Lipinski definition) is 3. The van der Waals surface area contributed by atoms with Crippen molar-refractivity contribution < 1.29 is 5.11 Å². The van der Waals surface area contributed by atoms with Crippen molar-refractivity contribution in [1.82, 2.24) is 0 Å². The Balaban J connectivity index is 1.80. The lowest BCUT2D eigenvalue weighted by atomic mass is 9.89. The second-order valence-electron chi connectivity index (χ2n) is 6.42. The first-order chi connectivity index (χ1) is 12.1.